The first-order valence-electron chi connectivity index (χ1n) is 5.93. The fourth-order valence-electron chi connectivity index (χ4n) is 2.26. The van der Waals surface area contributed by atoms with Crippen LogP contribution in [0.1, 0.15) is 22.3 Å². The van der Waals surface area contributed by atoms with Crippen molar-refractivity contribution >= 4 is 5.91 Å². The summed E-state index contributed by atoms with van der Waals surface area (Å²) in [5.74, 6) is -0.464. The second-order valence-electron chi connectivity index (χ2n) is 4.83. The number of nitrogens with two attached hydrogens (primary N) is 1. The normalized spacial score (nSPS) is 24.3. The highest BCUT2D eigenvalue weighted by Gasteiger charge is 2.37. The Morgan fingerprint density at radius 3 is 2.94 bits per heavy atom. The van der Waals surface area contributed by atoms with Crippen LogP contribution in [0, 0.1) is 0 Å². The topological polar surface area (TPSA) is 66.6 Å². The molecule has 0 saturated carbocycles. The van der Waals surface area contributed by atoms with Crippen molar-refractivity contribution in [2.45, 2.75) is 18.6 Å². The minimum atomic E-state index is -1.48. The number of rotatable bonds is 4. The molecule has 1 aromatic rings. The number of primary amides is 1. The van der Waals surface area contributed by atoms with Gasteiger partial charge in [-0.3, -0.25) is 9.69 Å². The van der Waals surface area contributed by atoms with Crippen molar-refractivity contribution in [3.05, 3.63) is 35.4 Å². The van der Waals surface area contributed by atoms with Gasteiger partial charge in [-0.05, 0) is 24.1 Å². The van der Waals surface area contributed by atoms with Crippen molar-refractivity contribution < 1.29 is 14.3 Å². The van der Waals surface area contributed by atoms with Gasteiger partial charge in [-0.25, -0.2) is 4.39 Å². The molecule has 1 heterocycles. The molecule has 0 spiro atoms. The molecule has 1 amide bonds. The number of aliphatic hydroxyl groups excluding tert-OH is 1. The highest BCUT2D eigenvalue weighted by atomic mass is 19.1. The molecule has 98 valence electrons. The quantitative estimate of drug-likeness (QED) is 0.828. The minimum absolute atomic E-state index is 0.226. The number of likely N-dealkylation sites (tertiary alicyclic amines) is 1. The van der Waals surface area contributed by atoms with Gasteiger partial charge in [-0.15, -0.1) is 0 Å². The van der Waals surface area contributed by atoms with Gasteiger partial charge in [0.25, 0.3) is 0 Å². The molecule has 0 bridgehead atoms. The Kier molecular flexibility index (Phi) is 3.63. The Morgan fingerprint density at radius 2 is 2.33 bits per heavy atom. The molecule has 1 aromatic carbocycles. The Labute approximate surface area is 105 Å². The van der Waals surface area contributed by atoms with E-state index >= 15 is 0 Å². The van der Waals surface area contributed by atoms with Crippen LogP contribution in [0.25, 0.3) is 0 Å². The molecule has 1 unspecified atom stereocenters. The Morgan fingerprint density at radius 1 is 1.56 bits per heavy atom. The zero-order chi connectivity index (χ0) is 13.2. The molecule has 18 heavy (non-hydrogen) atoms. The summed E-state index contributed by atoms with van der Waals surface area (Å²) < 4.78 is 13.8. The molecule has 1 aliphatic heterocycles. The Bertz CT molecular complexity index is 452. The predicted octanol–water partition coefficient (Wildman–Crippen LogP) is 0.692. The standard InChI is InChI=1S/C13H17FN2O2/c14-13(9-17)4-5-16(8-13)7-10-2-1-3-11(6-10)12(15)18/h1-3,6,17H,4-5,7-9H2,(H2,15,18). The molecule has 1 saturated heterocycles. The Balaban J connectivity index is 2.02. The minimum Gasteiger partial charge on any atom is -0.393 e. The van der Waals surface area contributed by atoms with Crippen LogP contribution in [0.15, 0.2) is 24.3 Å². The SMILES string of the molecule is NC(=O)c1cccc(CN2CCC(F)(CO)C2)c1. The number of aliphatic hydroxyl groups is 1. The van der Waals surface area contributed by atoms with Crippen LogP contribution in [-0.2, 0) is 6.54 Å². The lowest BCUT2D eigenvalue weighted by molar-refractivity contribution is 0.0769. The van der Waals surface area contributed by atoms with Gasteiger partial charge in [-0.1, -0.05) is 12.1 Å². The largest absolute Gasteiger partial charge is 0.393 e. The van der Waals surface area contributed by atoms with E-state index in [2.05, 4.69) is 0 Å². The van der Waals surface area contributed by atoms with Crippen molar-refractivity contribution in [2.75, 3.05) is 19.7 Å². The van der Waals surface area contributed by atoms with Crippen LogP contribution >= 0.6 is 0 Å². The van der Waals surface area contributed by atoms with Crippen molar-refractivity contribution in [1.29, 1.82) is 0 Å². The number of amides is 1. The van der Waals surface area contributed by atoms with Crippen LogP contribution in [0.5, 0.6) is 0 Å². The van der Waals surface area contributed by atoms with Crippen molar-refractivity contribution in [1.82, 2.24) is 4.90 Å². The molecule has 4 nitrogen and oxygen atoms in total. The van der Waals surface area contributed by atoms with Crippen molar-refractivity contribution in [3.63, 3.8) is 0 Å². The van der Waals surface area contributed by atoms with Crippen LogP contribution in [0.2, 0.25) is 0 Å². The monoisotopic (exact) mass is 252 g/mol. The summed E-state index contributed by atoms with van der Waals surface area (Å²) in [7, 11) is 0. The number of nitrogens with zero attached hydrogens (tertiary/aromatic N) is 1. The van der Waals surface area contributed by atoms with Gasteiger partial charge in [0.05, 0.1) is 6.61 Å². The summed E-state index contributed by atoms with van der Waals surface area (Å²) in [4.78, 5) is 13.0. The summed E-state index contributed by atoms with van der Waals surface area (Å²) in [6.45, 7) is 0.958. The third kappa shape index (κ3) is 2.86. The summed E-state index contributed by atoms with van der Waals surface area (Å²) >= 11 is 0. The van der Waals surface area contributed by atoms with E-state index in [1.54, 1.807) is 18.2 Å². The molecule has 0 aromatic heterocycles. The lowest BCUT2D eigenvalue weighted by Crippen LogP contribution is -2.32. The second kappa shape index (κ2) is 5.04. The van der Waals surface area contributed by atoms with E-state index in [-0.39, 0.29) is 6.54 Å². The maximum absolute atomic E-state index is 13.8. The van der Waals surface area contributed by atoms with Gasteiger partial charge in [-0.2, -0.15) is 0 Å². The molecule has 0 aliphatic carbocycles. The first kappa shape index (κ1) is 13.0. The molecular weight excluding hydrogens is 235 g/mol. The predicted molar refractivity (Wildman–Crippen MR) is 65.8 cm³/mol. The zero-order valence-electron chi connectivity index (χ0n) is 10.1. The molecule has 1 aliphatic rings. The highest BCUT2D eigenvalue weighted by molar-refractivity contribution is 5.92. The van der Waals surface area contributed by atoms with Gasteiger partial charge in [0.15, 0.2) is 0 Å². The summed E-state index contributed by atoms with van der Waals surface area (Å²) in [6, 6.07) is 7.02. The number of hydrogen-bond donors (Lipinski definition) is 2. The van der Waals surface area contributed by atoms with E-state index in [0.717, 1.165) is 5.56 Å². The smallest absolute Gasteiger partial charge is 0.248 e. The molecule has 2 rings (SSSR count). The van der Waals surface area contributed by atoms with E-state index in [0.29, 0.717) is 25.1 Å². The molecule has 0 radical (unpaired) electrons. The lowest BCUT2D eigenvalue weighted by atomic mass is 10.1. The van der Waals surface area contributed by atoms with Crippen molar-refractivity contribution in [3.8, 4) is 0 Å². The third-order valence-corrected chi connectivity index (χ3v) is 3.28. The average molecular weight is 252 g/mol. The molecular formula is C13H17FN2O2. The average Bonchev–Trinajstić information content (AvgIpc) is 2.72. The number of halogens is 1. The highest BCUT2D eigenvalue weighted by Crippen LogP contribution is 2.26. The molecule has 3 N–H and O–H groups in total. The fraction of sp³-hybridized carbons (Fsp3) is 0.462. The third-order valence-electron chi connectivity index (χ3n) is 3.28. The maximum atomic E-state index is 13.8. The van der Waals surface area contributed by atoms with Crippen LogP contribution < -0.4 is 5.73 Å². The first-order chi connectivity index (χ1) is 8.52. The molecule has 1 atom stereocenters. The zero-order valence-corrected chi connectivity index (χ0v) is 10.1. The fourth-order valence-corrected chi connectivity index (χ4v) is 2.26. The van der Waals surface area contributed by atoms with Crippen molar-refractivity contribution in [2.24, 2.45) is 5.73 Å². The number of hydrogen-bond acceptors (Lipinski definition) is 3. The number of benzene rings is 1. The van der Waals surface area contributed by atoms with Gasteiger partial charge in [0.1, 0.15) is 5.67 Å². The van der Waals surface area contributed by atoms with E-state index in [1.807, 2.05) is 11.0 Å². The van der Waals surface area contributed by atoms with Gasteiger partial charge < -0.3 is 10.8 Å². The van der Waals surface area contributed by atoms with E-state index in [4.69, 9.17) is 10.8 Å². The number of carbonyl (C=O) groups is 1. The Hall–Kier alpha value is -1.46. The summed E-state index contributed by atoms with van der Waals surface area (Å²) in [6.07, 6.45) is 0.346. The number of alkyl halides is 1. The number of carbonyl (C=O) groups excluding carboxylic acids is 1. The van der Waals surface area contributed by atoms with E-state index < -0.39 is 18.2 Å². The van der Waals surface area contributed by atoms with Gasteiger partial charge in [0, 0.05) is 25.2 Å². The lowest BCUT2D eigenvalue weighted by Gasteiger charge is -2.18. The first-order valence-corrected chi connectivity index (χ1v) is 5.93. The second-order valence-corrected chi connectivity index (χ2v) is 4.83. The van der Waals surface area contributed by atoms with Gasteiger partial charge in [0.2, 0.25) is 5.91 Å². The summed E-state index contributed by atoms with van der Waals surface area (Å²) in [5.41, 5.74) is 5.11. The van der Waals surface area contributed by atoms with E-state index in [9.17, 15) is 9.18 Å². The molecule has 5 heteroatoms. The van der Waals surface area contributed by atoms with E-state index in [1.165, 1.54) is 0 Å². The van der Waals surface area contributed by atoms with Crippen LogP contribution in [-0.4, -0.2) is 41.3 Å². The van der Waals surface area contributed by atoms with Crippen LogP contribution in [0.3, 0.4) is 0 Å². The van der Waals surface area contributed by atoms with Crippen LogP contribution in [0.4, 0.5) is 4.39 Å². The molecule has 1 fully saturated rings. The summed E-state index contributed by atoms with van der Waals surface area (Å²) in [5, 5.41) is 8.96. The maximum Gasteiger partial charge on any atom is 0.248 e. The van der Waals surface area contributed by atoms with Gasteiger partial charge >= 0.3 is 0 Å².